The molecule has 1 amide bonds. The highest BCUT2D eigenvalue weighted by atomic mass is 19.1. The zero-order chi connectivity index (χ0) is 16.4. The van der Waals surface area contributed by atoms with E-state index in [2.05, 4.69) is 0 Å². The summed E-state index contributed by atoms with van der Waals surface area (Å²) >= 11 is 0. The molecule has 1 aliphatic rings. The molecular formula is C16H15F2NO4. The van der Waals surface area contributed by atoms with Crippen LogP contribution in [0.1, 0.15) is 17.0 Å². The van der Waals surface area contributed by atoms with Gasteiger partial charge >= 0.3 is 0 Å². The van der Waals surface area contributed by atoms with E-state index in [0.29, 0.717) is 19.6 Å². The van der Waals surface area contributed by atoms with Crippen molar-refractivity contribution in [3.8, 4) is 0 Å². The molecule has 1 aromatic carbocycles. The van der Waals surface area contributed by atoms with Gasteiger partial charge in [0.1, 0.15) is 24.2 Å². The van der Waals surface area contributed by atoms with Crippen LogP contribution in [-0.2, 0) is 4.74 Å². The number of alkyl halides is 1. The first kappa shape index (κ1) is 15.6. The standard InChI is InChI=1S/C16H15F2NO4/c17-8-11-9-19(4-1-5-22-11)16(21)15-7-13(20)12-3-2-10(18)6-14(12)23-15/h2-3,6-7,11H,1,4-5,8-9H2. The molecule has 0 spiro atoms. The van der Waals surface area contributed by atoms with Gasteiger partial charge in [0.25, 0.3) is 5.91 Å². The molecule has 0 N–H and O–H groups in total. The van der Waals surface area contributed by atoms with Gasteiger partial charge in [-0.15, -0.1) is 0 Å². The Morgan fingerprint density at radius 2 is 2.17 bits per heavy atom. The number of carbonyl (C=O) groups excluding carboxylic acids is 1. The van der Waals surface area contributed by atoms with Crippen molar-refractivity contribution in [2.24, 2.45) is 0 Å². The van der Waals surface area contributed by atoms with E-state index in [4.69, 9.17) is 9.15 Å². The lowest BCUT2D eigenvalue weighted by molar-refractivity contribution is 0.0334. The molecule has 1 fully saturated rings. The van der Waals surface area contributed by atoms with Gasteiger partial charge < -0.3 is 14.1 Å². The highest BCUT2D eigenvalue weighted by molar-refractivity contribution is 5.93. The van der Waals surface area contributed by atoms with Crippen LogP contribution in [0.4, 0.5) is 8.78 Å². The van der Waals surface area contributed by atoms with Crippen LogP contribution in [0.3, 0.4) is 0 Å². The minimum Gasteiger partial charge on any atom is -0.451 e. The van der Waals surface area contributed by atoms with E-state index in [1.807, 2.05) is 0 Å². The molecule has 5 nitrogen and oxygen atoms in total. The Hall–Kier alpha value is -2.28. The fourth-order valence-electron chi connectivity index (χ4n) is 2.56. The lowest BCUT2D eigenvalue weighted by atomic mass is 10.2. The number of rotatable bonds is 2. The fraction of sp³-hybridized carbons (Fsp3) is 0.375. The Morgan fingerprint density at radius 1 is 1.35 bits per heavy atom. The van der Waals surface area contributed by atoms with Crippen LogP contribution in [-0.4, -0.2) is 43.3 Å². The molecule has 0 radical (unpaired) electrons. The third-order valence-corrected chi connectivity index (χ3v) is 3.71. The molecule has 2 aromatic rings. The minimum atomic E-state index is -0.698. The third-order valence-electron chi connectivity index (χ3n) is 3.71. The predicted molar refractivity (Wildman–Crippen MR) is 78.7 cm³/mol. The average molecular weight is 323 g/mol. The van der Waals surface area contributed by atoms with Crippen molar-refractivity contribution in [2.75, 3.05) is 26.4 Å². The Kier molecular flexibility index (Phi) is 4.38. The number of benzene rings is 1. The maximum absolute atomic E-state index is 13.3. The number of fused-ring (bicyclic) bond motifs is 1. The van der Waals surface area contributed by atoms with Crippen molar-refractivity contribution in [2.45, 2.75) is 12.5 Å². The first-order valence-electron chi connectivity index (χ1n) is 7.29. The minimum absolute atomic E-state index is 0.00830. The third kappa shape index (κ3) is 3.24. The largest absolute Gasteiger partial charge is 0.451 e. The molecule has 2 heterocycles. The number of ether oxygens (including phenoxy) is 1. The van der Waals surface area contributed by atoms with Crippen LogP contribution in [0, 0.1) is 5.82 Å². The normalized spacial score (nSPS) is 18.9. The maximum atomic E-state index is 13.3. The van der Waals surface area contributed by atoms with Crippen LogP contribution >= 0.6 is 0 Å². The lowest BCUT2D eigenvalue weighted by Gasteiger charge is -2.21. The molecule has 122 valence electrons. The Morgan fingerprint density at radius 3 is 2.96 bits per heavy atom. The highest BCUT2D eigenvalue weighted by Crippen LogP contribution is 2.16. The van der Waals surface area contributed by atoms with Gasteiger partial charge in [0.2, 0.25) is 0 Å². The second kappa shape index (κ2) is 6.45. The van der Waals surface area contributed by atoms with E-state index in [9.17, 15) is 18.4 Å². The van der Waals surface area contributed by atoms with E-state index in [0.717, 1.165) is 18.2 Å². The molecule has 23 heavy (non-hydrogen) atoms. The monoisotopic (exact) mass is 323 g/mol. The van der Waals surface area contributed by atoms with Gasteiger partial charge in [0.05, 0.1) is 5.39 Å². The predicted octanol–water partition coefficient (Wildman–Crippen LogP) is 2.13. The number of amides is 1. The highest BCUT2D eigenvalue weighted by Gasteiger charge is 2.25. The summed E-state index contributed by atoms with van der Waals surface area (Å²) < 4.78 is 36.8. The summed E-state index contributed by atoms with van der Waals surface area (Å²) in [5.41, 5.74) is -0.420. The smallest absolute Gasteiger partial charge is 0.289 e. The summed E-state index contributed by atoms with van der Waals surface area (Å²) in [7, 11) is 0. The molecule has 0 bridgehead atoms. The molecule has 1 saturated heterocycles. The molecule has 0 aliphatic carbocycles. The number of nitrogens with zero attached hydrogens (tertiary/aromatic N) is 1. The molecule has 3 rings (SSSR count). The van der Waals surface area contributed by atoms with Crippen LogP contribution < -0.4 is 5.43 Å². The van der Waals surface area contributed by atoms with E-state index < -0.39 is 29.9 Å². The molecule has 1 aromatic heterocycles. The molecular weight excluding hydrogens is 308 g/mol. The number of hydrogen-bond acceptors (Lipinski definition) is 4. The van der Waals surface area contributed by atoms with Crippen LogP contribution in [0.2, 0.25) is 0 Å². The van der Waals surface area contributed by atoms with Crippen LogP contribution in [0.15, 0.2) is 33.5 Å². The summed E-state index contributed by atoms with van der Waals surface area (Å²) in [6.45, 7) is 0.127. The van der Waals surface area contributed by atoms with Crippen molar-refractivity contribution < 1.29 is 22.7 Å². The van der Waals surface area contributed by atoms with Crippen LogP contribution in [0.25, 0.3) is 11.0 Å². The summed E-state index contributed by atoms with van der Waals surface area (Å²) in [4.78, 5) is 26.0. The Balaban J connectivity index is 1.95. The molecule has 7 heteroatoms. The van der Waals surface area contributed by atoms with Crippen molar-refractivity contribution in [1.29, 1.82) is 0 Å². The van der Waals surface area contributed by atoms with Gasteiger partial charge in [0.15, 0.2) is 11.2 Å². The fourth-order valence-corrected chi connectivity index (χ4v) is 2.56. The molecule has 0 saturated carbocycles. The Bertz CT molecular complexity index is 789. The summed E-state index contributed by atoms with van der Waals surface area (Å²) in [6.07, 6.45) is -0.125. The lowest BCUT2D eigenvalue weighted by Crippen LogP contribution is -2.38. The van der Waals surface area contributed by atoms with E-state index >= 15 is 0 Å². The van der Waals surface area contributed by atoms with Gasteiger partial charge in [-0.25, -0.2) is 8.78 Å². The van der Waals surface area contributed by atoms with E-state index in [-0.39, 0.29) is 23.3 Å². The molecule has 1 aliphatic heterocycles. The van der Waals surface area contributed by atoms with Crippen LogP contribution in [0.5, 0.6) is 0 Å². The summed E-state index contributed by atoms with van der Waals surface area (Å²) in [6, 6.07) is 4.60. The summed E-state index contributed by atoms with van der Waals surface area (Å²) in [5, 5.41) is 0.198. The van der Waals surface area contributed by atoms with Gasteiger partial charge in [-0.05, 0) is 18.6 Å². The molecule has 1 atom stereocenters. The van der Waals surface area contributed by atoms with Crippen molar-refractivity contribution in [1.82, 2.24) is 4.90 Å². The first-order valence-corrected chi connectivity index (χ1v) is 7.29. The zero-order valence-corrected chi connectivity index (χ0v) is 12.3. The van der Waals surface area contributed by atoms with E-state index in [1.165, 1.54) is 11.0 Å². The molecule has 1 unspecified atom stereocenters. The maximum Gasteiger partial charge on any atom is 0.289 e. The SMILES string of the molecule is O=C(c1cc(=O)c2ccc(F)cc2o1)N1CCCOC(CF)C1. The number of carbonyl (C=O) groups is 1. The number of hydrogen-bond donors (Lipinski definition) is 0. The average Bonchev–Trinajstić information content (AvgIpc) is 2.79. The van der Waals surface area contributed by atoms with Crippen molar-refractivity contribution in [3.05, 3.63) is 46.1 Å². The van der Waals surface area contributed by atoms with Gasteiger partial charge in [-0.3, -0.25) is 9.59 Å². The topological polar surface area (TPSA) is 59.8 Å². The van der Waals surface area contributed by atoms with Crippen molar-refractivity contribution in [3.63, 3.8) is 0 Å². The van der Waals surface area contributed by atoms with Crippen molar-refractivity contribution >= 4 is 16.9 Å². The van der Waals surface area contributed by atoms with Gasteiger partial charge in [0, 0.05) is 31.8 Å². The second-order valence-corrected chi connectivity index (χ2v) is 5.37. The Labute approximate surface area is 130 Å². The van der Waals surface area contributed by atoms with E-state index in [1.54, 1.807) is 0 Å². The second-order valence-electron chi connectivity index (χ2n) is 5.37. The van der Waals surface area contributed by atoms with Gasteiger partial charge in [-0.2, -0.15) is 0 Å². The quantitative estimate of drug-likeness (QED) is 0.849. The first-order chi connectivity index (χ1) is 11.1. The number of halogens is 2. The zero-order valence-electron chi connectivity index (χ0n) is 12.3. The summed E-state index contributed by atoms with van der Waals surface area (Å²) in [5.74, 6) is -1.28. The van der Waals surface area contributed by atoms with Gasteiger partial charge in [-0.1, -0.05) is 0 Å².